The van der Waals surface area contributed by atoms with Crippen molar-refractivity contribution in [2.24, 2.45) is 0 Å². The van der Waals surface area contributed by atoms with Gasteiger partial charge in [-0.25, -0.2) is 4.39 Å². The number of anilines is 1. The Kier molecular flexibility index (Phi) is 3.58. The molecular weight excluding hydrogens is 241 g/mol. The van der Waals surface area contributed by atoms with E-state index in [4.69, 9.17) is 14.9 Å². The molecule has 17 heavy (non-hydrogen) atoms. The highest BCUT2D eigenvalue weighted by molar-refractivity contribution is 7.98. The molecule has 3 nitrogen and oxygen atoms in total. The van der Waals surface area contributed by atoms with Crippen LogP contribution in [0, 0.1) is 5.82 Å². The Morgan fingerprint density at radius 3 is 2.94 bits per heavy atom. The smallest absolute Gasteiger partial charge is 0.143 e. The number of rotatable bonds is 4. The molecule has 0 atom stereocenters. The molecule has 0 aliphatic heterocycles. The van der Waals surface area contributed by atoms with Crippen LogP contribution in [0.5, 0.6) is 5.75 Å². The second-order valence-electron chi connectivity index (χ2n) is 3.39. The molecule has 2 rings (SSSR count). The lowest BCUT2D eigenvalue weighted by Gasteiger charge is -2.08. The summed E-state index contributed by atoms with van der Waals surface area (Å²) in [4.78, 5) is 0.493. The number of furan rings is 1. The molecule has 0 aliphatic carbocycles. The number of halogens is 1. The van der Waals surface area contributed by atoms with Gasteiger partial charge in [0, 0.05) is 11.0 Å². The summed E-state index contributed by atoms with van der Waals surface area (Å²) in [6.07, 6.45) is 1.59. The molecule has 0 aliphatic rings. The number of benzene rings is 1. The molecule has 2 aromatic rings. The fraction of sp³-hybridized carbons (Fsp3) is 0.167. The molecule has 1 heterocycles. The topological polar surface area (TPSA) is 48.4 Å². The standard InChI is InChI=1S/C12H12FNO2S/c1-15-11-6-12(9(13)5-10(11)14)17-7-8-3-2-4-16-8/h2-6H,7,14H2,1H3. The Balaban J connectivity index is 2.15. The van der Waals surface area contributed by atoms with Crippen LogP contribution in [0.1, 0.15) is 5.76 Å². The van der Waals surface area contributed by atoms with Gasteiger partial charge in [-0.05, 0) is 18.2 Å². The van der Waals surface area contributed by atoms with Crippen molar-refractivity contribution in [1.29, 1.82) is 0 Å². The van der Waals surface area contributed by atoms with E-state index in [0.29, 0.717) is 22.1 Å². The van der Waals surface area contributed by atoms with Crippen molar-refractivity contribution in [2.45, 2.75) is 10.6 Å². The van der Waals surface area contributed by atoms with Crippen molar-refractivity contribution < 1.29 is 13.5 Å². The molecule has 0 fully saturated rings. The van der Waals surface area contributed by atoms with E-state index >= 15 is 0 Å². The Morgan fingerprint density at radius 2 is 2.29 bits per heavy atom. The van der Waals surface area contributed by atoms with Crippen LogP contribution in [0.2, 0.25) is 0 Å². The SMILES string of the molecule is COc1cc(SCc2ccco2)c(F)cc1N. The number of ether oxygens (including phenoxy) is 1. The first-order valence-corrected chi connectivity index (χ1v) is 5.97. The molecule has 0 amide bonds. The second-order valence-corrected chi connectivity index (χ2v) is 4.41. The minimum Gasteiger partial charge on any atom is -0.495 e. The summed E-state index contributed by atoms with van der Waals surface area (Å²) in [7, 11) is 1.50. The van der Waals surface area contributed by atoms with Crippen LogP contribution < -0.4 is 10.5 Å². The zero-order valence-corrected chi connectivity index (χ0v) is 10.1. The highest BCUT2D eigenvalue weighted by Crippen LogP contribution is 2.32. The molecule has 5 heteroatoms. The molecular formula is C12H12FNO2S. The van der Waals surface area contributed by atoms with Crippen molar-refractivity contribution in [3.05, 3.63) is 42.1 Å². The third-order valence-corrected chi connectivity index (χ3v) is 3.29. The summed E-state index contributed by atoms with van der Waals surface area (Å²) in [5, 5.41) is 0. The van der Waals surface area contributed by atoms with E-state index in [9.17, 15) is 4.39 Å². The van der Waals surface area contributed by atoms with Gasteiger partial charge < -0.3 is 14.9 Å². The summed E-state index contributed by atoms with van der Waals surface area (Å²) in [5.41, 5.74) is 5.90. The van der Waals surface area contributed by atoms with Crippen molar-refractivity contribution in [1.82, 2.24) is 0 Å². The third kappa shape index (κ3) is 2.74. The fourth-order valence-electron chi connectivity index (χ4n) is 1.38. The van der Waals surface area contributed by atoms with E-state index in [2.05, 4.69) is 0 Å². The third-order valence-electron chi connectivity index (χ3n) is 2.23. The maximum Gasteiger partial charge on any atom is 0.143 e. The van der Waals surface area contributed by atoms with E-state index in [1.807, 2.05) is 6.07 Å². The molecule has 1 aromatic carbocycles. The van der Waals surface area contributed by atoms with Gasteiger partial charge in [-0.15, -0.1) is 11.8 Å². The van der Waals surface area contributed by atoms with Crippen molar-refractivity contribution >= 4 is 17.4 Å². The van der Waals surface area contributed by atoms with E-state index in [-0.39, 0.29) is 5.82 Å². The van der Waals surface area contributed by atoms with Crippen LogP contribution >= 0.6 is 11.8 Å². The number of thioether (sulfide) groups is 1. The Hall–Kier alpha value is -1.62. The minimum absolute atomic E-state index is 0.298. The van der Waals surface area contributed by atoms with Gasteiger partial charge in [0.05, 0.1) is 24.8 Å². The summed E-state index contributed by atoms with van der Waals surface area (Å²) >= 11 is 1.34. The molecule has 0 spiro atoms. The van der Waals surface area contributed by atoms with E-state index < -0.39 is 0 Å². The largest absolute Gasteiger partial charge is 0.495 e. The number of methoxy groups -OCH3 is 1. The van der Waals surface area contributed by atoms with Gasteiger partial charge in [-0.3, -0.25) is 0 Å². The highest BCUT2D eigenvalue weighted by Gasteiger charge is 2.09. The molecule has 0 bridgehead atoms. The first-order chi connectivity index (χ1) is 8.20. The van der Waals surface area contributed by atoms with Crippen LogP contribution in [0.4, 0.5) is 10.1 Å². The van der Waals surface area contributed by atoms with Gasteiger partial charge in [-0.2, -0.15) is 0 Å². The van der Waals surface area contributed by atoms with Gasteiger partial charge in [0.15, 0.2) is 0 Å². The monoisotopic (exact) mass is 253 g/mol. The van der Waals surface area contributed by atoms with Crippen LogP contribution in [-0.2, 0) is 5.75 Å². The number of nitrogen functional groups attached to an aromatic ring is 1. The quantitative estimate of drug-likeness (QED) is 0.671. The van der Waals surface area contributed by atoms with Crippen LogP contribution in [0.25, 0.3) is 0 Å². The van der Waals surface area contributed by atoms with Gasteiger partial charge >= 0.3 is 0 Å². The summed E-state index contributed by atoms with van der Waals surface area (Å²) in [5.74, 6) is 1.50. The maximum absolute atomic E-state index is 13.6. The predicted molar refractivity (Wildman–Crippen MR) is 65.6 cm³/mol. The van der Waals surface area contributed by atoms with E-state index in [0.717, 1.165) is 5.76 Å². The van der Waals surface area contributed by atoms with Crippen molar-refractivity contribution in [3.8, 4) is 5.75 Å². The number of hydrogen-bond donors (Lipinski definition) is 1. The first kappa shape index (κ1) is 11.9. The van der Waals surface area contributed by atoms with Crippen LogP contribution in [0.15, 0.2) is 39.8 Å². The van der Waals surface area contributed by atoms with Gasteiger partial charge in [0.2, 0.25) is 0 Å². The molecule has 1 aromatic heterocycles. The number of hydrogen-bond acceptors (Lipinski definition) is 4. The first-order valence-electron chi connectivity index (χ1n) is 4.99. The van der Waals surface area contributed by atoms with Gasteiger partial charge in [-0.1, -0.05) is 0 Å². The molecule has 0 unspecified atom stereocenters. The average Bonchev–Trinajstić information content (AvgIpc) is 2.81. The lowest BCUT2D eigenvalue weighted by atomic mass is 10.3. The highest BCUT2D eigenvalue weighted by atomic mass is 32.2. The van der Waals surface area contributed by atoms with Crippen LogP contribution in [0.3, 0.4) is 0 Å². The van der Waals surface area contributed by atoms with Crippen LogP contribution in [-0.4, -0.2) is 7.11 Å². The van der Waals surface area contributed by atoms with Crippen molar-refractivity contribution in [2.75, 3.05) is 12.8 Å². The Labute approximate surface area is 103 Å². The molecule has 0 radical (unpaired) electrons. The Bertz CT molecular complexity index is 499. The zero-order valence-electron chi connectivity index (χ0n) is 9.27. The molecule has 90 valence electrons. The Morgan fingerprint density at radius 1 is 1.47 bits per heavy atom. The molecule has 0 saturated carbocycles. The molecule has 2 N–H and O–H groups in total. The van der Waals surface area contributed by atoms with E-state index in [1.54, 1.807) is 18.4 Å². The predicted octanol–water partition coefficient (Wildman–Crippen LogP) is 3.30. The summed E-state index contributed by atoms with van der Waals surface area (Å²) < 4.78 is 23.8. The lowest BCUT2D eigenvalue weighted by molar-refractivity contribution is 0.414. The zero-order chi connectivity index (χ0) is 12.3. The maximum atomic E-state index is 13.6. The second kappa shape index (κ2) is 5.14. The van der Waals surface area contributed by atoms with Gasteiger partial charge in [0.1, 0.15) is 17.3 Å². The van der Waals surface area contributed by atoms with Crippen molar-refractivity contribution in [3.63, 3.8) is 0 Å². The summed E-state index contributed by atoms with van der Waals surface area (Å²) in [6.45, 7) is 0. The van der Waals surface area contributed by atoms with Gasteiger partial charge in [0.25, 0.3) is 0 Å². The minimum atomic E-state index is -0.347. The lowest BCUT2D eigenvalue weighted by Crippen LogP contribution is -1.95. The van der Waals surface area contributed by atoms with E-state index in [1.165, 1.54) is 24.9 Å². The number of nitrogens with two attached hydrogens (primary N) is 1. The molecule has 0 saturated heterocycles. The summed E-state index contributed by atoms with van der Waals surface area (Å²) in [6, 6.07) is 6.51. The normalized spacial score (nSPS) is 10.5. The fourth-order valence-corrected chi connectivity index (χ4v) is 2.23. The average molecular weight is 253 g/mol.